The van der Waals surface area contributed by atoms with E-state index in [9.17, 15) is 9.59 Å². The van der Waals surface area contributed by atoms with Gasteiger partial charge in [-0.3, -0.25) is 9.59 Å². The van der Waals surface area contributed by atoms with Gasteiger partial charge in [0.1, 0.15) is 17.1 Å². The Bertz CT molecular complexity index is 1070. The van der Waals surface area contributed by atoms with E-state index in [-0.39, 0.29) is 24.5 Å². The number of rotatable bonds is 6. The van der Waals surface area contributed by atoms with Gasteiger partial charge < -0.3 is 19.8 Å². The lowest BCUT2D eigenvalue weighted by Crippen LogP contribution is -2.30. The highest BCUT2D eigenvalue weighted by atomic mass is 16.5. The molecular formula is C24H26N2O4. The van der Waals surface area contributed by atoms with Crippen LogP contribution < -0.4 is 15.4 Å². The molecular weight excluding hydrogens is 380 g/mol. The molecule has 30 heavy (non-hydrogen) atoms. The molecule has 2 amide bonds. The summed E-state index contributed by atoms with van der Waals surface area (Å²) >= 11 is 0. The minimum absolute atomic E-state index is 0.0702. The highest BCUT2D eigenvalue weighted by Gasteiger charge is 2.18. The number of aryl methyl sites for hydroxylation is 2. The van der Waals surface area contributed by atoms with Gasteiger partial charge in [-0.2, -0.15) is 0 Å². The van der Waals surface area contributed by atoms with Crippen LogP contribution >= 0.6 is 0 Å². The van der Waals surface area contributed by atoms with Crippen LogP contribution in [0.25, 0.3) is 11.0 Å². The number of furan rings is 1. The van der Waals surface area contributed by atoms with E-state index in [2.05, 4.69) is 10.6 Å². The Hall–Kier alpha value is -3.28. The highest BCUT2D eigenvalue weighted by molar-refractivity contribution is 5.96. The fourth-order valence-corrected chi connectivity index (χ4v) is 3.73. The molecule has 0 spiro atoms. The molecule has 0 saturated carbocycles. The van der Waals surface area contributed by atoms with Crippen LogP contribution in [0.4, 0.5) is 5.69 Å². The van der Waals surface area contributed by atoms with Crippen molar-refractivity contribution in [3.8, 4) is 5.75 Å². The second-order valence-corrected chi connectivity index (χ2v) is 7.91. The first kappa shape index (κ1) is 20.0. The summed E-state index contributed by atoms with van der Waals surface area (Å²) in [5.74, 6) is 1.33. The van der Waals surface area contributed by atoms with Gasteiger partial charge in [0, 0.05) is 34.7 Å². The zero-order valence-corrected chi connectivity index (χ0v) is 17.3. The number of amides is 2. The number of anilines is 1. The minimum atomic E-state index is -0.260. The van der Waals surface area contributed by atoms with E-state index < -0.39 is 0 Å². The Kier molecular flexibility index (Phi) is 5.74. The predicted molar refractivity (Wildman–Crippen MR) is 116 cm³/mol. The van der Waals surface area contributed by atoms with Crippen LogP contribution in [-0.2, 0) is 17.6 Å². The largest absolute Gasteiger partial charge is 0.484 e. The molecule has 0 bridgehead atoms. The van der Waals surface area contributed by atoms with E-state index in [1.165, 1.54) is 18.4 Å². The monoisotopic (exact) mass is 406 g/mol. The van der Waals surface area contributed by atoms with Crippen molar-refractivity contribution in [1.29, 1.82) is 0 Å². The Morgan fingerprint density at radius 2 is 1.83 bits per heavy atom. The Balaban J connectivity index is 1.35. The molecule has 3 aromatic rings. The van der Waals surface area contributed by atoms with Gasteiger partial charge in [-0.1, -0.05) is 0 Å². The molecule has 2 N–H and O–H groups in total. The average molecular weight is 406 g/mol. The molecule has 4 rings (SSSR count). The van der Waals surface area contributed by atoms with Crippen LogP contribution in [-0.4, -0.2) is 24.5 Å². The highest BCUT2D eigenvalue weighted by Crippen LogP contribution is 2.33. The molecule has 1 aromatic heterocycles. The maximum Gasteiger partial charge on any atom is 0.262 e. The van der Waals surface area contributed by atoms with E-state index >= 15 is 0 Å². The number of nitrogens with one attached hydrogen (secondary N) is 2. The first-order valence-electron chi connectivity index (χ1n) is 10.4. The van der Waals surface area contributed by atoms with Gasteiger partial charge in [0.15, 0.2) is 6.61 Å². The van der Waals surface area contributed by atoms with E-state index in [0.717, 1.165) is 29.6 Å². The summed E-state index contributed by atoms with van der Waals surface area (Å²) in [6, 6.07) is 12.5. The fraction of sp³-hybridized carbons (Fsp3) is 0.333. The maximum absolute atomic E-state index is 12.3. The lowest BCUT2D eigenvalue weighted by Gasteiger charge is -2.10. The molecule has 1 aliphatic carbocycles. The lowest BCUT2D eigenvalue weighted by atomic mass is 9.96. The number of ether oxygens (including phenoxy) is 1. The number of fused-ring (bicyclic) bond motifs is 3. The van der Waals surface area contributed by atoms with Crippen molar-refractivity contribution >= 4 is 28.5 Å². The summed E-state index contributed by atoms with van der Waals surface area (Å²) in [6.45, 7) is 3.72. The zero-order chi connectivity index (χ0) is 21.1. The SMILES string of the molecule is CC(C)NC(=O)c1ccc(NC(=O)COc2ccc3oc4c(c3c2)CCCC4)cc1. The van der Waals surface area contributed by atoms with Crippen molar-refractivity contribution in [3.63, 3.8) is 0 Å². The normalized spacial score (nSPS) is 13.2. The number of benzene rings is 2. The number of hydrogen-bond donors (Lipinski definition) is 2. The molecule has 0 saturated heterocycles. The third kappa shape index (κ3) is 4.48. The summed E-state index contributed by atoms with van der Waals surface area (Å²) in [4.78, 5) is 24.2. The number of carbonyl (C=O) groups excluding carboxylic acids is 2. The molecule has 0 aliphatic heterocycles. The summed E-state index contributed by atoms with van der Waals surface area (Å²) in [7, 11) is 0. The Labute approximate surface area is 175 Å². The van der Waals surface area contributed by atoms with E-state index in [0.29, 0.717) is 17.0 Å². The van der Waals surface area contributed by atoms with Crippen molar-refractivity contribution in [2.24, 2.45) is 0 Å². The quantitative estimate of drug-likeness (QED) is 0.633. The van der Waals surface area contributed by atoms with Gasteiger partial charge >= 0.3 is 0 Å². The minimum Gasteiger partial charge on any atom is -0.484 e. The van der Waals surface area contributed by atoms with Gasteiger partial charge in [-0.15, -0.1) is 0 Å². The predicted octanol–water partition coefficient (Wildman–Crippen LogP) is 4.47. The summed E-state index contributed by atoms with van der Waals surface area (Å²) in [5.41, 5.74) is 3.31. The molecule has 1 aliphatic rings. The first-order chi connectivity index (χ1) is 14.5. The maximum atomic E-state index is 12.3. The third-order valence-electron chi connectivity index (χ3n) is 5.15. The van der Waals surface area contributed by atoms with Crippen molar-refractivity contribution < 1.29 is 18.7 Å². The molecule has 156 valence electrons. The Morgan fingerprint density at radius 1 is 1.07 bits per heavy atom. The van der Waals surface area contributed by atoms with Crippen LogP contribution in [0.2, 0.25) is 0 Å². The van der Waals surface area contributed by atoms with Crippen molar-refractivity contribution in [1.82, 2.24) is 5.32 Å². The first-order valence-corrected chi connectivity index (χ1v) is 10.4. The summed E-state index contributed by atoms with van der Waals surface area (Å²) in [5, 5.41) is 6.70. The van der Waals surface area contributed by atoms with E-state index in [4.69, 9.17) is 9.15 Å². The van der Waals surface area contributed by atoms with Gasteiger partial charge in [0.25, 0.3) is 11.8 Å². The third-order valence-corrected chi connectivity index (χ3v) is 5.15. The van der Waals surface area contributed by atoms with Gasteiger partial charge in [0.2, 0.25) is 0 Å². The van der Waals surface area contributed by atoms with Crippen LogP contribution in [0.5, 0.6) is 5.75 Å². The topological polar surface area (TPSA) is 80.6 Å². The number of carbonyl (C=O) groups is 2. The molecule has 0 fully saturated rings. The molecule has 0 atom stereocenters. The van der Waals surface area contributed by atoms with Crippen molar-refractivity contribution in [2.45, 2.75) is 45.6 Å². The molecule has 0 radical (unpaired) electrons. The summed E-state index contributed by atoms with van der Waals surface area (Å²) in [6.07, 6.45) is 4.35. The standard InChI is InChI=1S/C24H26N2O4/c1-15(2)25-24(28)16-7-9-17(10-8-16)26-23(27)14-29-18-11-12-22-20(13-18)19-5-3-4-6-21(19)30-22/h7-13,15H,3-6,14H2,1-2H3,(H,25,28)(H,26,27). The number of hydrogen-bond acceptors (Lipinski definition) is 4. The lowest BCUT2D eigenvalue weighted by molar-refractivity contribution is -0.118. The van der Waals surface area contributed by atoms with Crippen molar-refractivity contribution in [3.05, 3.63) is 59.4 Å². The van der Waals surface area contributed by atoms with E-state index in [1.54, 1.807) is 24.3 Å². The van der Waals surface area contributed by atoms with Crippen LogP contribution in [0.15, 0.2) is 46.9 Å². The smallest absolute Gasteiger partial charge is 0.262 e. The second kappa shape index (κ2) is 8.61. The Morgan fingerprint density at radius 3 is 2.60 bits per heavy atom. The van der Waals surface area contributed by atoms with Crippen LogP contribution in [0.1, 0.15) is 48.4 Å². The zero-order valence-electron chi connectivity index (χ0n) is 17.3. The van der Waals surface area contributed by atoms with Crippen LogP contribution in [0, 0.1) is 0 Å². The van der Waals surface area contributed by atoms with E-state index in [1.807, 2.05) is 32.0 Å². The van der Waals surface area contributed by atoms with Crippen LogP contribution in [0.3, 0.4) is 0 Å². The molecule has 6 nitrogen and oxygen atoms in total. The molecule has 2 aromatic carbocycles. The second-order valence-electron chi connectivity index (χ2n) is 7.91. The molecule has 6 heteroatoms. The van der Waals surface area contributed by atoms with Crippen molar-refractivity contribution in [2.75, 3.05) is 11.9 Å². The van der Waals surface area contributed by atoms with Gasteiger partial charge in [0.05, 0.1) is 0 Å². The van der Waals surface area contributed by atoms with Gasteiger partial charge in [-0.25, -0.2) is 0 Å². The van der Waals surface area contributed by atoms with Gasteiger partial charge in [-0.05, 0) is 75.6 Å². The summed E-state index contributed by atoms with van der Waals surface area (Å²) < 4.78 is 11.6. The molecule has 1 heterocycles. The fourth-order valence-electron chi connectivity index (χ4n) is 3.73. The average Bonchev–Trinajstić information content (AvgIpc) is 3.10. The molecule has 0 unspecified atom stereocenters.